The molecule has 184 valence electrons. The maximum atomic E-state index is 13.5. The minimum absolute atomic E-state index is 0.105. The van der Waals surface area contributed by atoms with Gasteiger partial charge in [0.1, 0.15) is 5.75 Å². The van der Waals surface area contributed by atoms with Crippen LogP contribution in [0.2, 0.25) is 0 Å². The minimum atomic E-state index is -0.158. The molecule has 3 aromatic rings. The van der Waals surface area contributed by atoms with Gasteiger partial charge in [0.25, 0.3) is 5.91 Å². The zero-order valence-corrected chi connectivity index (χ0v) is 20.7. The second-order valence-electron chi connectivity index (χ2n) is 9.27. The smallest absolute Gasteiger partial charge is 0.257 e. The SMILES string of the molecule is COc1ccccc1N1CC[NH+](CCN2C(=O)CC(=C(c3ccccc3)c3ccccc3)C2=O)CC1. The largest absolute Gasteiger partial charge is 0.495 e. The van der Waals surface area contributed by atoms with E-state index in [1.54, 1.807) is 7.11 Å². The van der Waals surface area contributed by atoms with Crippen LogP contribution < -0.4 is 14.5 Å². The molecule has 2 aliphatic rings. The Labute approximate surface area is 212 Å². The number of hydrogen-bond donors (Lipinski definition) is 1. The highest BCUT2D eigenvalue weighted by molar-refractivity contribution is 6.18. The number of carbonyl (C=O) groups excluding carboxylic acids is 2. The number of carbonyl (C=O) groups is 2. The number of piperazine rings is 1. The van der Waals surface area contributed by atoms with Crippen molar-refractivity contribution in [3.8, 4) is 5.75 Å². The van der Waals surface area contributed by atoms with Gasteiger partial charge in [-0.3, -0.25) is 14.5 Å². The summed E-state index contributed by atoms with van der Waals surface area (Å²) in [4.78, 5) is 31.7. The Morgan fingerprint density at radius 2 is 1.42 bits per heavy atom. The van der Waals surface area contributed by atoms with Crippen molar-refractivity contribution in [2.24, 2.45) is 0 Å². The number of amides is 2. The topological polar surface area (TPSA) is 54.3 Å². The molecule has 2 amide bonds. The van der Waals surface area contributed by atoms with Gasteiger partial charge in [-0.15, -0.1) is 0 Å². The number of hydrogen-bond acceptors (Lipinski definition) is 4. The van der Waals surface area contributed by atoms with Gasteiger partial charge in [0, 0.05) is 5.57 Å². The summed E-state index contributed by atoms with van der Waals surface area (Å²) in [7, 11) is 1.70. The number of para-hydroxylation sites is 2. The van der Waals surface area contributed by atoms with Gasteiger partial charge >= 0.3 is 0 Å². The van der Waals surface area contributed by atoms with E-state index in [0.29, 0.717) is 12.1 Å². The third kappa shape index (κ3) is 4.90. The van der Waals surface area contributed by atoms with Crippen molar-refractivity contribution < 1.29 is 19.2 Å². The van der Waals surface area contributed by atoms with Gasteiger partial charge in [-0.2, -0.15) is 0 Å². The van der Waals surface area contributed by atoms with Gasteiger partial charge in [0.05, 0.1) is 58.5 Å². The Hall–Kier alpha value is -3.90. The van der Waals surface area contributed by atoms with Crippen molar-refractivity contribution in [3.05, 3.63) is 102 Å². The molecule has 6 heteroatoms. The molecule has 1 N–H and O–H groups in total. The van der Waals surface area contributed by atoms with Crippen LogP contribution >= 0.6 is 0 Å². The first-order valence-electron chi connectivity index (χ1n) is 12.6. The molecule has 0 atom stereocenters. The summed E-state index contributed by atoms with van der Waals surface area (Å²) in [5, 5.41) is 0. The van der Waals surface area contributed by atoms with E-state index < -0.39 is 0 Å². The summed E-state index contributed by atoms with van der Waals surface area (Å²) < 4.78 is 5.52. The van der Waals surface area contributed by atoms with Crippen LogP contribution in [-0.2, 0) is 9.59 Å². The van der Waals surface area contributed by atoms with Crippen LogP contribution in [0.3, 0.4) is 0 Å². The number of likely N-dealkylation sites (tertiary alicyclic amines) is 1. The van der Waals surface area contributed by atoms with Gasteiger partial charge in [-0.05, 0) is 28.8 Å². The highest BCUT2D eigenvalue weighted by atomic mass is 16.5. The predicted molar refractivity (Wildman–Crippen MR) is 141 cm³/mol. The van der Waals surface area contributed by atoms with E-state index in [-0.39, 0.29) is 18.2 Å². The summed E-state index contributed by atoms with van der Waals surface area (Å²) in [5.74, 6) is 0.627. The van der Waals surface area contributed by atoms with Crippen LogP contribution in [0.4, 0.5) is 5.69 Å². The van der Waals surface area contributed by atoms with E-state index in [1.165, 1.54) is 9.80 Å². The van der Waals surface area contributed by atoms with Crippen LogP contribution in [0.5, 0.6) is 5.75 Å². The maximum absolute atomic E-state index is 13.5. The number of benzene rings is 3. The quantitative estimate of drug-likeness (QED) is 0.416. The Morgan fingerprint density at radius 1 is 0.833 bits per heavy atom. The standard InChI is InChI=1S/C30H31N3O3/c1-36-27-15-9-8-14-26(27)32-19-16-31(17-20-32)18-21-33-28(34)22-25(30(33)35)29(23-10-4-2-5-11-23)24-12-6-3-7-13-24/h2-15H,16-22H2,1H3/p+1. The van der Waals surface area contributed by atoms with Crippen LogP contribution in [-0.4, -0.2) is 63.1 Å². The molecule has 0 bridgehead atoms. The van der Waals surface area contributed by atoms with Gasteiger partial charge in [-0.25, -0.2) is 0 Å². The predicted octanol–water partition coefficient (Wildman–Crippen LogP) is 2.66. The molecule has 0 saturated carbocycles. The van der Waals surface area contributed by atoms with E-state index in [0.717, 1.165) is 60.9 Å². The van der Waals surface area contributed by atoms with E-state index >= 15 is 0 Å². The van der Waals surface area contributed by atoms with Crippen LogP contribution in [0, 0.1) is 0 Å². The Balaban J connectivity index is 1.27. The first-order chi connectivity index (χ1) is 17.7. The lowest BCUT2D eigenvalue weighted by molar-refractivity contribution is -0.899. The molecule has 5 rings (SSSR count). The van der Waals surface area contributed by atoms with Crippen molar-refractivity contribution in [2.45, 2.75) is 6.42 Å². The Bertz CT molecular complexity index is 1210. The third-order valence-electron chi connectivity index (χ3n) is 7.14. The van der Waals surface area contributed by atoms with Crippen LogP contribution in [0.1, 0.15) is 17.5 Å². The van der Waals surface area contributed by atoms with Gasteiger partial charge in [0.2, 0.25) is 5.91 Å². The summed E-state index contributed by atoms with van der Waals surface area (Å²) in [6.07, 6.45) is 0.148. The first kappa shape index (κ1) is 23.8. The molecule has 0 aliphatic carbocycles. The Kier molecular flexibility index (Phi) is 7.14. The molecule has 6 nitrogen and oxygen atoms in total. The van der Waals surface area contributed by atoms with E-state index in [9.17, 15) is 9.59 Å². The molecule has 0 spiro atoms. The molecule has 2 fully saturated rings. The molecule has 0 aromatic heterocycles. The number of anilines is 1. The number of imide groups is 1. The van der Waals surface area contributed by atoms with Crippen molar-refractivity contribution in [1.82, 2.24) is 4.90 Å². The summed E-state index contributed by atoms with van der Waals surface area (Å²) in [5.41, 5.74) is 4.48. The van der Waals surface area contributed by atoms with E-state index in [4.69, 9.17) is 4.74 Å². The number of methoxy groups -OCH3 is 1. The van der Waals surface area contributed by atoms with Crippen molar-refractivity contribution in [1.29, 1.82) is 0 Å². The summed E-state index contributed by atoms with van der Waals surface area (Å²) >= 11 is 0. The van der Waals surface area contributed by atoms with Crippen molar-refractivity contribution >= 4 is 23.1 Å². The summed E-state index contributed by atoms with van der Waals surface area (Å²) in [6, 6.07) is 27.9. The molecular weight excluding hydrogens is 450 g/mol. The molecular formula is C30H32N3O3+. The second kappa shape index (κ2) is 10.8. The fourth-order valence-corrected chi connectivity index (χ4v) is 5.22. The first-order valence-corrected chi connectivity index (χ1v) is 12.6. The fourth-order valence-electron chi connectivity index (χ4n) is 5.22. The van der Waals surface area contributed by atoms with Crippen molar-refractivity contribution in [2.75, 3.05) is 51.3 Å². The monoisotopic (exact) mass is 482 g/mol. The number of ether oxygens (including phenoxy) is 1. The lowest BCUT2D eigenvalue weighted by Crippen LogP contribution is -3.15. The van der Waals surface area contributed by atoms with Crippen molar-refractivity contribution in [3.63, 3.8) is 0 Å². The van der Waals surface area contributed by atoms with Gasteiger partial charge in [0.15, 0.2) is 0 Å². The third-order valence-corrected chi connectivity index (χ3v) is 7.14. The lowest BCUT2D eigenvalue weighted by Gasteiger charge is -2.34. The molecule has 2 saturated heterocycles. The van der Waals surface area contributed by atoms with Crippen LogP contribution in [0.15, 0.2) is 90.5 Å². The average Bonchev–Trinajstić information content (AvgIpc) is 3.21. The molecule has 0 unspecified atom stereocenters. The number of rotatable bonds is 7. The number of nitrogens with one attached hydrogen (secondary N) is 1. The molecule has 2 heterocycles. The molecule has 36 heavy (non-hydrogen) atoms. The second-order valence-corrected chi connectivity index (χ2v) is 9.27. The number of quaternary nitrogens is 1. The molecule has 3 aromatic carbocycles. The van der Waals surface area contributed by atoms with E-state index in [1.807, 2.05) is 78.9 Å². The Morgan fingerprint density at radius 3 is 2.03 bits per heavy atom. The van der Waals surface area contributed by atoms with Crippen LogP contribution in [0.25, 0.3) is 5.57 Å². The zero-order valence-electron chi connectivity index (χ0n) is 20.7. The minimum Gasteiger partial charge on any atom is -0.495 e. The fraction of sp³-hybridized carbons (Fsp3) is 0.267. The zero-order chi connectivity index (χ0) is 24.9. The number of nitrogens with zero attached hydrogens (tertiary/aromatic N) is 2. The highest BCUT2D eigenvalue weighted by Gasteiger charge is 2.37. The summed E-state index contributed by atoms with van der Waals surface area (Å²) in [6.45, 7) is 4.94. The highest BCUT2D eigenvalue weighted by Crippen LogP contribution is 2.33. The van der Waals surface area contributed by atoms with Gasteiger partial charge < -0.3 is 14.5 Å². The normalized spacial score (nSPS) is 16.5. The van der Waals surface area contributed by atoms with Gasteiger partial charge in [-0.1, -0.05) is 72.8 Å². The maximum Gasteiger partial charge on any atom is 0.257 e. The van der Waals surface area contributed by atoms with E-state index in [2.05, 4.69) is 11.0 Å². The lowest BCUT2D eigenvalue weighted by atomic mass is 9.92. The molecule has 0 radical (unpaired) electrons. The molecule has 2 aliphatic heterocycles. The average molecular weight is 483 g/mol.